The predicted molar refractivity (Wildman–Crippen MR) is 25.1 cm³/mol. The van der Waals surface area contributed by atoms with Gasteiger partial charge in [0, 0.05) is 0 Å². The summed E-state index contributed by atoms with van der Waals surface area (Å²) in [4.78, 5) is 0. The molecule has 0 aliphatic rings. The van der Waals surface area contributed by atoms with Crippen LogP contribution in [-0.4, -0.2) is 0 Å². The molecule has 0 heterocycles. The minimum absolute atomic E-state index is 1.16. The van der Waals surface area contributed by atoms with Gasteiger partial charge in [0.2, 0.25) is 0 Å². The first-order valence-corrected chi connectivity index (χ1v) is 2.03. The molecule has 30 valence electrons. The van der Waals surface area contributed by atoms with Crippen molar-refractivity contribution in [3.8, 4) is 0 Å². The Bertz CT molecular complexity index is 27.0. The van der Waals surface area contributed by atoms with Crippen LogP contribution in [0.4, 0.5) is 0 Å². The maximum Gasteiger partial charge on any atom is -0.0379 e. The van der Waals surface area contributed by atoms with E-state index in [-0.39, 0.29) is 0 Å². The lowest BCUT2D eigenvalue weighted by molar-refractivity contribution is 1.22. The summed E-state index contributed by atoms with van der Waals surface area (Å²) < 4.78 is 0. The first-order chi connectivity index (χ1) is 2.41. The van der Waals surface area contributed by atoms with Crippen molar-refractivity contribution >= 4 is 0 Å². The molecule has 0 nitrogen and oxygen atoms in total. The van der Waals surface area contributed by atoms with Crippen molar-refractivity contribution in [3.63, 3.8) is 0 Å². The van der Waals surface area contributed by atoms with Crippen LogP contribution in [0.1, 0.15) is 20.3 Å². The van der Waals surface area contributed by atoms with E-state index in [1.807, 2.05) is 6.92 Å². The Balaban J connectivity index is 2.62. The van der Waals surface area contributed by atoms with Crippen LogP contribution in [0, 0.1) is 0 Å². The van der Waals surface area contributed by atoms with Gasteiger partial charge in [-0.25, -0.2) is 0 Å². The highest BCUT2D eigenvalue weighted by atomic mass is 13.9. The van der Waals surface area contributed by atoms with E-state index in [4.69, 9.17) is 0 Å². The van der Waals surface area contributed by atoms with Crippen LogP contribution in [0.5, 0.6) is 0 Å². The van der Waals surface area contributed by atoms with Gasteiger partial charge >= 0.3 is 0 Å². The molecule has 0 aromatic rings. The summed E-state index contributed by atoms with van der Waals surface area (Å²) in [6.45, 7) is 4.16. The lowest BCUT2D eigenvalue weighted by Gasteiger charge is -1.65. The predicted octanol–water partition coefficient (Wildman–Crippen LogP) is 1.97. The zero-order chi connectivity index (χ0) is 4.12. The highest BCUT2D eigenvalue weighted by Gasteiger charge is 1.52. The van der Waals surface area contributed by atoms with Crippen molar-refractivity contribution < 1.29 is 0 Å². The van der Waals surface area contributed by atoms with Crippen LogP contribution < -0.4 is 0 Å². The molecule has 0 amide bonds. The molecule has 0 saturated heterocycles. The largest absolute Gasteiger partial charge is 0.0917 e. The van der Waals surface area contributed by atoms with Crippen molar-refractivity contribution in [2.75, 3.05) is 0 Å². The summed E-state index contributed by atoms with van der Waals surface area (Å²) in [5, 5.41) is 0. The second kappa shape index (κ2) is 3.74. The van der Waals surface area contributed by atoms with E-state index in [1.165, 1.54) is 0 Å². The molecule has 0 bridgehead atoms. The molecular weight excluding hydrogens is 61.0 g/mol. The Kier molecular flexibility index (Phi) is 3.55. The summed E-state index contributed by atoms with van der Waals surface area (Å²) in [6.07, 6.45) is 5.34. The average molecular weight is 71.1 g/mol. The van der Waals surface area contributed by atoms with Gasteiger partial charge in [0.15, 0.2) is 0 Å². The Hall–Kier alpha value is -0.260. The first-order valence-electron chi connectivity index (χ1n) is 2.03. The Labute approximate surface area is 33.5 Å². The fraction of sp³-hybridized carbons (Fsp3) is 0.600. The van der Waals surface area contributed by atoms with E-state index >= 15 is 0 Å². The number of rotatable bonds is 1. The fourth-order valence-electron chi connectivity index (χ4n) is 0.236. The van der Waals surface area contributed by atoms with Gasteiger partial charge < -0.3 is 0 Å². The highest BCUT2D eigenvalue weighted by molar-refractivity contribution is 4.73. The van der Waals surface area contributed by atoms with Crippen LogP contribution in [0.3, 0.4) is 0 Å². The second-order valence-corrected chi connectivity index (χ2v) is 0.977. The zero-order valence-electron chi connectivity index (χ0n) is 3.86. The SMILES string of the molecule is CCC=[13CH]C. The summed E-state index contributed by atoms with van der Waals surface area (Å²) in [6, 6.07) is 0. The molecule has 0 N–H and O–H groups in total. The van der Waals surface area contributed by atoms with Crippen molar-refractivity contribution in [2.24, 2.45) is 0 Å². The minimum atomic E-state index is 1.16. The summed E-state index contributed by atoms with van der Waals surface area (Å²) in [5.74, 6) is 0. The number of hydrogen-bond acceptors (Lipinski definition) is 0. The molecule has 0 atom stereocenters. The summed E-state index contributed by atoms with van der Waals surface area (Å²) in [7, 11) is 0. The van der Waals surface area contributed by atoms with Crippen LogP contribution >= 0.6 is 0 Å². The Morgan fingerprint density at radius 3 is 2.20 bits per heavy atom. The molecule has 0 saturated carbocycles. The fourth-order valence-corrected chi connectivity index (χ4v) is 0.236. The molecular formula is C5H10. The Morgan fingerprint density at radius 2 is 2.20 bits per heavy atom. The van der Waals surface area contributed by atoms with Gasteiger partial charge in [-0.15, -0.1) is 0 Å². The normalized spacial score (nSPS) is 10.0. The maximum absolute atomic E-state index is 2.12. The molecule has 0 radical (unpaired) electrons. The molecule has 0 aliphatic carbocycles. The quantitative estimate of drug-likeness (QED) is 0.327. The molecule has 0 aromatic carbocycles. The lowest BCUT2D eigenvalue weighted by atomic mass is 10.5. The second-order valence-electron chi connectivity index (χ2n) is 0.977. The first kappa shape index (κ1) is 4.74. The van der Waals surface area contributed by atoms with Gasteiger partial charge in [-0.05, 0) is 13.3 Å². The van der Waals surface area contributed by atoms with Gasteiger partial charge in [-0.1, -0.05) is 19.1 Å². The highest BCUT2D eigenvalue weighted by Crippen LogP contribution is 1.73. The van der Waals surface area contributed by atoms with Crippen molar-refractivity contribution in [2.45, 2.75) is 20.3 Å². The van der Waals surface area contributed by atoms with E-state index in [1.54, 1.807) is 0 Å². The van der Waals surface area contributed by atoms with Crippen LogP contribution in [0.15, 0.2) is 12.2 Å². The summed E-state index contributed by atoms with van der Waals surface area (Å²) in [5.41, 5.74) is 0. The monoisotopic (exact) mass is 71.1 g/mol. The molecule has 0 unspecified atom stereocenters. The van der Waals surface area contributed by atoms with Gasteiger partial charge in [-0.3, -0.25) is 0 Å². The molecule has 0 fully saturated rings. The van der Waals surface area contributed by atoms with E-state index < -0.39 is 0 Å². The van der Waals surface area contributed by atoms with Crippen molar-refractivity contribution in [1.82, 2.24) is 0 Å². The lowest BCUT2D eigenvalue weighted by Crippen LogP contribution is -1.43. The molecule has 0 spiro atoms. The third-order valence-corrected chi connectivity index (χ3v) is 0.471. The van der Waals surface area contributed by atoms with Gasteiger partial charge in [0.25, 0.3) is 0 Å². The van der Waals surface area contributed by atoms with E-state index in [0.717, 1.165) is 6.42 Å². The molecule has 5 heavy (non-hydrogen) atoms. The third-order valence-electron chi connectivity index (χ3n) is 0.471. The Morgan fingerprint density at radius 1 is 1.60 bits per heavy atom. The zero-order valence-corrected chi connectivity index (χ0v) is 3.86. The molecule has 0 rings (SSSR count). The van der Waals surface area contributed by atoms with Crippen molar-refractivity contribution in [3.05, 3.63) is 12.2 Å². The van der Waals surface area contributed by atoms with E-state index in [2.05, 4.69) is 19.1 Å². The molecule has 0 aromatic heterocycles. The standard InChI is InChI=1S/C5H10/c1-3-5-4-2/h3,5H,4H2,1-2H3/i3+1. The number of hydrogen-bond donors (Lipinski definition) is 0. The molecule has 0 heteroatoms. The smallest absolute Gasteiger partial charge is 0.0379 e. The van der Waals surface area contributed by atoms with Gasteiger partial charge in [-0.2, -0.15) is 0 Å². The average Bonchev–Trinajstić information content (AvgIpc) is 1.41. The van der Waals surface area contributed by atoms with Crippen LogP contribution in [-0.2, 0) is 0 Å². The van der Waals surface area contributed by atoms with E-state index in [0.29, 0.717) is 0 Å². The van der Waals surface area contributed by atoms with Gasteiger partial charge in [0.05, 0.1) is 0 Å². The van der Waals surface area contributed by atoms with Crippen molar-refractivity contribution in [1.29, 1.82) is 0 Å². The van der Waals surface area contributed by atoms with E-state index in [9.17, 15) is 0 Å². The minimum Gasteiger partial charge on any atom is -0.0917 e. The maximum atomic E-state index is 2.12. The topological polar surface area (TPSA) is 0 Å². The van der Waals surface area contributed by atoms with Crippen LogP contribution in [0.25, 0.3) is 0 Å². The molecule has 0 aliphatic heterocycles. The van der Waals surface area contributed by atoms with Gasteiger partial charge in [0.1, 0.15) is 0 Å². The summed E-state index contributed by atoms with van der Waals surface area (Å²) >= 11 is 0. The van der Waals surface area contributed by atoms with Crippen LogP contribution in [0.2, 0.25) is 0 Å². The number of allylic oxidation sites excluding steroid dienone is 2. The third kappa shape index (κ3) is 3.74.